The Kier molecular flexibility index (Phi) is 4.61. The van der Waals surface area contributed by atoms with E-state index in [4.69, 9.17) is 5.73 Å². The Morgan fingerprint density at radius 2 is 2.40 bits per heavy atom. The molecule has 8 nitrogen and oxygen atoms in total. The number of aliphatic carboxylic acids is 1. The van der Waals surface area contributed by atoms with Crippen LogP contribution in [-0.2, 0) is 11.2 Å². The van der Waals surface area contributed by atoms with Gasteiger partial charge < -0.3 is 10.8 Å². The zero-order valence-electron chi connectivity index (χ0n) is 11.0. The second-order valence-electron chi connectivity index (χ2n) is 4.49. The maximum absolute atomic E-state index is 11.5. The van der Waals surface area contributed by atoms with E-state index in [-0.39, 0.29) is 5.92 Å². The van der Waals surface area contributed by atoms with Gasteiger partial charge in [-0.2, -0.15) is 5.21 Å². The van der Waals surface area contributed by atoms with Gasteiger partial charge >= 0.3 is 5.97 Å². The molecule has 0 fully saturated rings. The van der Waals surface area contributed by atoms with Crippen LogP contribution in [0, 0.1) is 5.92 Å². The minimum atomic E-state index is -0.857. The lowest BCUT2D eigenvalue weighted by atomic mass is 9.85. The van der Waals surface area contributed by atoms with Crippen molar-refractivity contribution in [1.82, 2.24) is 25.6 Å². The second kappa shape index (κ2) is 6.42. The average molecular weight is 296 g/mol. The number of rotatable bonds is 7. The molecule has 0 aromatic carbocycles. The summed E-state index contributed by atoms with van der Waals surface area (Å²) >= 11 is 1.33. The molecule has 2 atom stereocenters. The number of thiazole rings is 1. The Morgan fingerprint density at radius 1 is 1.60 bits per heavy atom. The zero-order valence-corrected chi connectivity index (χ0v) is 11.8. The number of aromatic nitrogens is 5. The lowest BCUT2D eigenvalue weighted by Gasteiger charge is -2.19. The van der Waals surface area contributed by atoms with Crippen molar-refractivity contribution < 1.29 is 9.90 Å². The molecule has 4 N–H and O–H groups in total. The molecule has 9 heteroatoms. The fourth-order valence-corrected chi connectivity index (χ4v) is 2.77. The number of tetrazole rings is 1. The summed E-state index contributed by atoms with van der Waals surface area (Å²) in [6.07, 6.45) is 1.75. The van der Waals surface area contributed by atoms with Gasteiger partial charge in [-0.15, -0.1) is 21.5 Å². The number of carboxylic acid groups (broad SMARTS) is 1. The van der Waals surface area contributed by atoms with Crippen LogP contribution in [0.15, 0.2) is 5.38 Å². The number of H-pyrrole nitrogens is 1. The normalized spacial score (nSPS) is 14.1. The number of nitrogens with one attached hydrogen (secondary N) is 1. The molecule has 108 valence electrons. The number of nitrogens with zero attached hydrogens (tertiary/aromatic N) is 4. The maximum Gasteiger partial charge on any atom is 0.307 e. The summed E-state index contributed by atoms with van der Waals surface area (Å²) in [6.45, 7) is 1.95. The van der Waals surface area contributed by atoms with E-state index in [0.29, 0.717) is 23.8 Å². The van der Waals surface area contributed by atoms with Crippen LogP contribution in [0.4, 0.5) is 5.13 Å². The molecular formula is C11H16N6O2S. The lowest BCUT2D eigenvalue weighted by molar-refractivity contribution is -0.142. The molecule has 0 saturated carbocycles. The summed E-state index contributed by atoms with van der Waals surface area (Å²) in [5.41, 5.74) is 6.36. The number of carbonyl (C=O) groups is 1. The van der Waals surface area contributed by atoms with E-state index in [1.165, 1.54) is 11.3 Å². The van der Waals surface area contributed by atoms with Crippen molar-refractivity contribution in [2.75, 3.05) is 5.73 Å². The molecule has 0 spiro atoms. The first-order valence-corrected chi connectivity index (χ1v) is 7.15. The molecule has 0 aliphatic carbocycles. The molecule has 2 aromatic heterocycles. The third-order valence-corrected chi connectivity index (χ3v) is 3.82. The number of anilines is 1. The van der Waals surface area contributed by atoms with Gasteiger partial charge in [0.2, 0.25) is 0 Å². The number of carboxylic acids is 1. The van der Waals surface area contributed by atoms with Crippen molar-refractivity contribution in [3.05, 3.63) is 16.9 Å². The van der Waals surface area contributed by atoms with Crippen molar-refractivity contribution in [2.45, 2.75) is 32.1 Å². The first-order chi connectivity index (χ1) is 9.61. The van der Waals surface area contributed by atoms with Gasteiger partial charge in [0.1, 0.15) is 0 Å². The van der Waals surface area contributed by atoms with E-state index in [1.807, 2.05) is 12.3 Å². The van der Waals surface area contributed by atoms with Gasteiger partial charge in [0.05, 0.1) is 11.6 Å². The number of aromatic amines is 1. The zero-order chi connectivity index (χ0) is 14.5. The summed E-state index contributed by atoms with van der Waals surface area (Å²) < 4.78 is 0. The summed E-state index contributed by atoms with van der Waals surface area (Å²) in [4.78, 5) is 15.7. The number of nitrogens with two attached hydrogens (primary N) is 1. The molecule has 0 saturated heterocycles. The number of hydrogen-bond acceptors (Lipinski definition) is 7. The van der Waals surface area contributed by atoms with Crippen molar-refractivity contribution in [2.24, 2.45) is 5.92 Å². The average Bonchev–Trinajstić information content (AvgIpc) is 3.04. The van der Waals surface area contributed by atoms with Crippen LogP contribution in [0.2, 0.25) is 0 Å². The first-order valence-electron chi connectivity index (χ1n) is 6.27. The Labute approximate surface area is 119 Å². The SMILES string of the molecule is CCCC(C(=O)O)C(Cc1csc(N)n1)c1nn[nH]n1. The summed E-state index contributed by atoms with van der Waals surface area (Å²) in [6, 6.07) is 0. The minimum absolute atomic E-state index is 0.368. The summed E-state index contributed by atoms with van der Waals surface area (Å²) in [5, 5.41) is 25.5. The summed E-state index contributed by atoms with van der Waals surface area (Å²) in [5.74, 6) is -1.39. The van der Waals surface area contributed by atoms with E-state index in [2.05, 4.69) is 25.6 Å². The van der Waals surface area contributed by atoms with Crippen molar-refractivity contribution >= 4 is 22.4 Å². The Balaban J connectivity index is 2.26. The number of hydrogen-bond donors (Lipinski definition) is 3. The van der Waals surface area contributed by atoms with E-state index >= 15 is 0 Å². The Morgan fingerprint density at radius 3 is 2.90 bits per heavy atom. The van der Waals surface area contributed by atoms with Gasteiger partial charge in [-0.05, 0) is 6.42 Å². The molecule has 0 bridgehead atoms. The number of nitrogen functional groups attached to an aromatic ring is 1. The van der Waals surface area contributed by atoms with Gasteiger partial charge in [0.25, 0.3) is 0 Å². The van der Waals surface area contributed by atoms with Crippen LogP contribution in [0.3, 0.4) is 0 Å². The standard InChI is InChI=1S/C11H16N6O2S/c1-2-3-7(10(18)19)8(9-14-16-17-15-9)4-6-5-20-11(12)13-6/h5,7-8H,2-4H2,1H3,(H2,12,13)(H,18,19)(H,14,15,16,17). The van der Waals surface area contributed by atoms with Crippen LogP contribution in [-0.4, -0.2) is 36.7 Å². The van der Waals surface area contributed by atoms with E-state index in [0.717, 1.165) is 12.1 Å². The third kappa shape index (κ3) is 3.29. The highest BCUT2D eigenvalue weighted by Gasteiger charge is 2.32. The van der Waals surface area contributed by atoms with Crippen molar-refractivity contribution in [1.29, 1.82) is 0 Å². The topological polar surface area (TPSA) is 131 Å². The van der Waals surface area contributed by atoms with Crippen LogP contribution in [0.1, 0.15) is 37.2 Å². The molecule has 2 rings (SSSR count). The predicted molar refractivity (Wildman–Crippen MR) is 73.2 cm³/mol. The Hall–Kier alpha value is -2.03. The molecule has 0 aliphatic rings. The van der Waals surface area contributed by atoms with Crippen molar-refractivity contribution in [3.63, 3.8) is 0 Å². The van der Waals surface area contributed by atoms with Crippen molar-refractivity contribution in [3.8, 4) is 0 Å². The third-order valence-electron chi connectivity index (χ3n) is 3.09. The largest absolute Gasteiger partial charge is 0.481 e. The van der Waals surface area contributed by atoms with Crippen LogP contribution in [0.25, 0.3) is 0 Å². The lowest BCUT2D eigenvalue weighted by Crippen LogP contribution is -2.25. The molecule has 20 heavy (non-hydrogen) atoms. The molecule has 0 radical (unpaired) electrons. The van der Waals surface area contributed by atoms with Crippen LogP contribution < -0.4 is 5.73 Å². The molecule has 0 amide bonds. The fourth-order valence-electron chi connectivity index (χ4n) is 2.19. The fraction of sp³-hybridized carbons (Fsp3) is 0.545. The molecule has 2 unspecified atom stereocenters. The highest BCUT2D eigenvalue weighted by atomic mass is 32.1. The molecule has 2 aromatic rings. The van der Waals surface area contributed by atoms with Gasteiger partial charge in [0.15, 0.2) is 11.0 Å². The molecule has 0 aliphatic heterocycles. The van der Waals surface area contributed by atoms with Crippen LogP contribution >= 0.6 is 11.3 Å². The van der Waals surface area contributed by atoms with Crippen LogP contribution in [0.5, 0.6) is 0 Å². The van der Waals surface area contributed by atoms with Gasteiger partial charge in [-0.3, -0.25) is 4.79 Å². The van der Waals surface area contributed by atoms with E-state index in [9.17, 15) is 9.90 Å². The van der Waals surface area contributed by atoms with Gasteiger partial charge in [0, 0.05) is 17.7 Å². The quantitative estimate of drug-likeness (QED) is 0.696. The highest BCUT2D eigenvalue weighted by molar-refractivity contribution is 7.13. The molecule has 2 heterocycles. The second-order valence-corrected chi connectivity index (χ2v) is 5.38. The maximum atomic E-state index is 11.5. The molecular weight excluding hydrogens is 280 g/mol. The summed E-state index contributed by atoms with van der Waals surface area (Å²) in [7, 11) is 0. The smallest absolute Gasteiger partial charge is 0.307 e. The van der Waals surface area contributed by atoms with Gasteiger partial charge in [-0.1, -0.05) is 18.6 Å². The van der Waals surface area contributed by atoms with E-state index < -0.39 is 11.9 Å². The Bertz CT molecular complexity index is 555. The van der Waals surface area contributed by atoms with Gasteiger partial charge in [-0.25, -0.2) is 4.98 Å². The first kappa shape index (κ1) is 14.4. The highest BCUT2D eigenvalue weighted by Crippen LogP contribution is 2.30. The minimum Gasteiger partial charge on any atom is -0.481 e. The van der Waals surface area contributed by atoms with E-state index in [1.54, 1.807) is 0 Å². The monoisotopic (exact) mass is 296 g/mol. The predicted octanol–water partition coefficient (Wildman–Crippen LogP) is 1.07.